The van der Waals surface area contributed by atoms with Gasteiger partial charge in [0.2, 0.25) is 0 Å². The largest absolute Gasteiger partial charge is 0.353 e. The van der Waals surface area contributed by atoms with Gasteiger partial charge in [0.1, 0.15) is 11.5 Å². The van der Waals surface area contributed by atoms with Crippen molar-refractivity contribution in [3.05, 3.63) is 88.3 Å². The van der Waals surface area contributed by atoms with Crippen LogP contribution in [0.15, 0.2) is 66.2 Å². The van der Waals surface area contributed by atoms with E-state index in [1.807, 2.05) is 52.4 Å². The van der Waals surface area contributed by atoms with Gasteiger partial charge in [0.15, 0.2) is 0 Å². The monoisotopic (exact) mass is 408 g/mol. The number of rotatable bonds is 6. The standard InChI is InChI=1S/C22H21FN4OS/c1-25-11-3-5-18(25)14-27(15-19-6-4-12-29-19)22(28)21-13-20(24-26(21)2)16-7-9-17(23)10-8-16/h3-13H,14-15H2,1-2H3. The molecule has 0 aliphatic carbocycles. The summed E-state index contributed by atoms with van der Waals surface area (Å²) in [7, 11) is 3.73. The number of benzene rings is 1. The van der Waals surface area contributed by atoms with Gasteiger partial charge in [0.05, 0.1) is 18.8 Å². The Balaban J connectivity index is 1.64. The van der Waals surface area contributed by atoms with Gasteiger partial charge in [0.25, 0.3) is 5.91 Å². The average Bonchev–Trinajstić information content (AvgIpc) is 3.44. The smallest absolute Gasteiger partial charge is 0.272 e. The SMILES string of the molecule is Cn1cccc1CN(Cc1cccs1)C(=O)c1cc(-c2ccc(F)cc2)nn1C. The molecule has 5 nitrogen and oxygen atoms in total. The van der Waals surface area contributed by atoms with E-state index < -0.39 is 0 Å². The number of nitrogens with zero attached hydrogens (tertiary/aromatic N) is 4. The molecule has 148 valence electrons. The first kappa shape index (κ1) is 19.1. The Bertz CT molecular complexity index is 1110. The van der Waals surface area contributed by atoms with Crippen molar-refractivity contribution in [1.29, 1.82) is 0 Å². The van der Waals surface area contributed by atoms with E-state index in [-0.39, 0.29) is 11.7 Å². The minimum absolute atomic E-state index is 0.0945. The maximum atomic E-state index is 13.4. The molecule has 4 rings (SSSR count). The molecule has 0 saturated carbocycles. The summed E-state index contributed by atoms with van der Waals surface area (Å²) >= 11 is 1.63. The summed E-state index contributed by atoms with van der Waals surface area (Å²) in [4.78, 5) is 16.4. The van der Waals surface area contributed by atoms with Crippen molar-refractivity contribution in [1.82, 2.24) is 19.2 Å². The zero-order chi connectivity index (χ0) is 20.4. The number of aryl methyl sites for hydroxylation is 2. The number of amides is 1. The molecule has 0 saturated heterocycles. The van der Waals surface area contributed by atoms with Gasteiger partial charge in [0, 0.05) is 36.4 Å². The van der Waals surface area contributed by atoms with Crippen LogP contribution < -0.4 is 0 Å². The van der Waals surface area contributed by atoms with Crippen LogP contribution in [0.1, 0.15) is 21.1 Å². The van der Waals surface area contributed by atoms with Crippen molar-refractivity contribution in [2.24, 2.45) is 14.1 Å². The molecule has 29 heavy (non-hydrogen) atoms. The molecule has 0 fully saturated rings. The molecule has 0 spiro atoms. The summed E-state index contributed by atoms with van der Waals surface area (Å²) in [5, 5.41) is 6.48. The lowest BCUT2D eigenvalue weighted by Crippen LogP contribution is -2.32. The Morgan fingerprint density at radius 3 is 2.55 bits per heavy atom. The maximum Gasteiger partial charge on any atom is 0.272 e. The van der Waals surface area contributed by atoms with Gasteiger partial charge in [-0.05, 0) is 53.9 Å². The quantitative estimate of drug-likeness (QED) is 0.472. The van der Waals surface area contributed by atoms with Gasteiger partial charge in [-0.25, -0.2) is 4.39 Å². The second-order valence-electron chi connectivity index (χ2n) is 6.90. The fraction of sp³-hybridized carbons (Fsp3) is 0.182. The molecule has 0 bridgehead atoms. The topological polar surface area (TPSA) is 43.1 Å². The summed E-state index contributed by atoms with van der Waals surface area (Å²) in [5.74, 6) is -0.395. The fourth-order valence-corrected chi connectivity index (χ4v) is 3.96. The lowest BCUT2D eigenvalue weighted by molar-refractivity contribution is 0.0717. The van der Waals surface area contributed by atoms with E-state index in [4.69, 9.17) is 0 Å². The van der Waals surface area contributed by atoms with E-state index in [0.717, 1.165) is 16.1 Å². The predicted octanol–water partition coefficient (Wildman–Crippen LogP) is 4.47. The normalized spacial score (nSPS) is 11.0. The molecule has 0 unspecified atom stereocenters. The molecule has 7 heteroatoms. The molecule has 0 aliphatic rings. The molecule has 0 radical (unpaired) electrons. The van der Waals surface area contributed by atoms with Crippen molar-refractivity contribution in [3.8, 4) is 11.3 Å². The van der Waals surface area contributed by atoms with E-state index in [1.165, 1.54) is 12.1 Å². The Morgan fingerprint density at radius 1 is 1.10 bits per heavy atom. The van der Waals surface area contributed by atoms with E-state index in [2.05, 4.69) is 5.10 Å². The van der Waals surface area contributed by atoms with E-state index in [1.54, 1.807) is 41.3 Å². The lowest BCUT2D eigenvalue weighted by atomic mass is 10.1. The Kier molecular flexibility index (Phi) is 5.31. The third-order valence-electron chi connectivity index (χ3n) is 4.86. The van der Waals surface area contributed by atoms with Crippen molar-refractivity contribution < 1.29 is 9.18 Å². The van der Waals surface area contributed by atoms with E-state index in [9.17, 15) is 9.18 Å². The Morgan fingerprint density at radius 2 is 1.90 bits per heavy atom. The highest BCUT2D eigenvalue weighted by atomic mass is 32.1. The highest BCUT2D eigenvalue weighted by Crippen LogP contribution is 2.22. The van der Waals surface area contributed by atoms with Gasteiger partial charge in [-0.1, -0.05) is 6.07 Å². The van der Waals surface area contributed by atoms with Crippen LogP contribution >= 0.6 is 11.3 Å². The molecule has 1 amide bonds. The third-order valence-corrected chi connectivity index (χ3v) is 5.72. The first-order valence-electron chi connectivity index (χ1n) is 9.23. The van der Waals surface area contributed by atoms with Crippen molar-refractivity contribution in [2.75, 3.05) is 0 Å². The number of hydrogen-bond acceptors (Lipinski definition) is 3. The van der Waals surface area contributed by atoms with Gasteiger partial charge < -0.3 is 9.47 Å². The molecular formula is C22H21FN4OS. The summed E-state index contributed by atoms with van der Waals surface area (Å²) in [6.07, 6.45) is 1.97. The van der Waals surface area contributed by atoms with Crippen molar-refractivity contribution in [2.45, 2.75) is 13.1 Å². The molecule has 1 aromatic carbocycles. The van der Waals surface area contributed by atoms with Crippen LogP contribution in [0.4, 0.5) is 4.39 Å². The van der Waals surface area contributed by atoms with Gasteiger partial charge in [-0.2, -0.15) is 5.10 Å². The van der Waals surface area contributed by atoms with Gasteiger partial charge in [-0.3, -0.25) is 9.48 Å². The summed E-state index contributed by atoms with van der Waals surface area (Å²) in [6, 6.07) is 15.9. The zero-order valence-electron chi connectivity index (χ0n) is 16.2. The number of carbonyl (C=O) groups excluding carboxylic acids is 1. The van der Waals surface area contributed by atoms with Crippen LogP contribution in [0.3, 0.4) is 0 Å². The summed E-state index contributed by atoms with van der Waals surface area (Å²) in [5.41, 5.74) is 2.96. The molecule has 0 atom stereocenters. The number of thiophene rings is 1. The molecule has 0 N–H and O–H groups in total. The lowest BCUT2D eigenvalue weighted by Gasteiger charge is -2.22. The zero-order valence-corrected chi connectivity index (χ0v) is 17.1. The number of aromatic nitrogens is 3. The van der Waals surface area contributed by atoms with Crippen molar-refractivity contribution >= 4 is 17.2 Å². The first-order chi connectivity index (χ1) is 14.0. The second-order valence-corrected chi connectivity index (χ2v) is 7.93. The highest BCUT2D eigenvalue weighted by molar-refractivity contribution is 7.09. The van der Waals surface area contributed by atoms with Crippen LogP contribution in [-0.4, -0.2) is 25.2 Å². The minimum atomic E-state index is -0.300. The van der Waals surface area contributed by atoms with E-state index >= 15 is 0 Å². The average molecular weight is 409 g/mol. The molecule has 4 aromatic rings. The van der Waals surface area contributed by atoms with Crippen molar-refractivity contribution in [3.63, 3.8) is 0 Å². The molecular weight excluding hydrogens is 387 g/mol. The van der Waals surface area contributed by atoms with Gasteiger partial charge >= 0.3 is 0 Å². The number of hydrogen-bond donors (Lipinski definition) is 0. The third kappa shape index (κ3) is 4.14. The Labute approximate surface area is 172 Å². The Hall–Kier alpha value is -3.19. The molecule has 3 aromatic heterocycles. The molecule has 3 heterocycles. The van der Waals surface area contributed by atoms with Crippen LogP contribution in [0, 0.1) is 5.82 Å². The van der Waals surface area contributed by atoms with Gasteiger partial charge in [-0.15, -0.1) is 11.3 Å². The number of carbonyl (C=O) groups is 1. The van der Waals surface area contributed by atoms with Crippen LogP contribution in [0.5, 0.6) is 0 Å². The van der Waals surface area contributed by atoms with Crippen LogP contribution in [0.25, 0.3) is 11.3 Å². The minimum Gasteiger partial charge on any atom is -0.353 e. The van der Waals surface area contributed by atoms with Crippen LogP contribution in [0.2, 0.25) is 0 Å². The summed E-state index contributed by atoms with van der Waals surface area (Å²) < 4.78 is 16.8. The maximum absolute atomic E-state index is 13.4. The number of halogens is 1. The molecule has 0 aliphatic heterocycles. The van der Waals surface area contributed by atoms with E-state index in [0.29, 0.717) is 24.5 Å². The first-order valence-corrected chi connectivity index (χ1v) is 10.1. The highest BCUT2D eigenvalue weighted by Gasteiger charge is 2.22. The fourth-order valence-electron chi connectivity index (χ4n) is 3.24. The van der Waals surface area contributed by atoms with Crippen LogP contribution in [-0.2, 0) is 27.2 Å². The summed E-state index contributed by atoms with van der Waals surface area (Å²) in [6.45, 7) is 1.02. The predicted molar refractivity (Wildman–Crippen MR) is 112 cm³/mol. The second kappa shape index (κ2) is 8.05.